The third kappa shape index (κ3) is 2.90. The number of nitrogens with one attached hydrogen (secondary N) is 1. The van der Waals surface area contributed by atoms with Gasteiger partial charge in [0.25, 0.3) is 0 Å². The Bertz CT molecular complexity index is 1120. The molecular formula is C23H20ClN3O. The maximum absolute atomic E-state index is 6.09. The molecule has 1 aromatic heterocycles. The van der Waals surface area contributed by atoms with Gasteiger partial charge in [-0.25, -0.2) is 4.98 Å². The van der Waals surface area contributed by atoms with E-state index >= 15 is 0 Å². The van der Waals surface area contributed by atoms with Gasteiger partial charge in [-0.3, -0.25) is 0 Å². The quantitative estimate of drug-likeness (QED) is 0.478. The summed E-state index contributed by atoms with van der Waals surface area (Å²) in [6.07, 6.45) is 0.918. The van der Waals surface area contributed by atoms with Gasteiger partial charge in [0.2, 0.25) is 5.95 Å². The molecule has 2 heterocycles. The molecule has 2 atom stereocenters. The molecule has 0 radical (unpaired) electrons. The molecule has 140 valence electrons. The molecule has 3 aromatic carbocycles. The number of aromatic nitrogens is 2. The van der Waals surface area contributed by atoms with Crippen molar-refractivity contribution in [1.29, 1.82) is 0 Å². The van der Waals surface area contributed by atoms with Crippen molar-refractivity contribution in [3.8, 4) is 5.75 Å². The fourth-order valence-electron chi connectivity index (χ4n) is 4.03. The molecule has 1 N–H and O–H groups in total. The second kappa shape index (κ2) is 6.88. The van der Waals surface area contributed by atoms with Crippen LogP contribution < -0.4 is 10.1 Å². The second-order valence-electron chi connectivity index (χ2n) is 7.07. The molecule has 0 saturated heterocycles. The highest BCUT2D eigenvalue weighted by atomic mass is 35.5. The zero-order valence-corrected chi connectivity index (χ0v) is 16.2. The van der Waals surface area contributed by atoms with E-state index in [4.69, 9.17) is 21.3 Å². The molecule has 5 heteroatoms. The van der Waals surface area contributed by atoms with Crippen molar-refractivity contribution in [2.45, 2.75) is 18.5 Å². The van der Waals surface area contributed by atoms with Crippen molar-refractivity contribution in [2.75, 3.05) is 12.4 Å². The first-order valence-corrected chi connectivity index (χ1v) is 9.73. The van der Waals surface area contributed by atoms with Crippen LogP contribution in [0, 0.1) is 0 Å². The average molecular weight is 390 g/mol. The van der Waals surface area contributed by atoms with E-state index in [1.165, 1.54) is 11.1 Å². The number of methoxy groups -OCH3 is 1. The van der Waals surface area contributed by atoms with E-state index in [0.717, 1.165) is 34.2 Å². The highest BCUT2D eigenvalue weighted by Gasteiger charge is 2.30. The summed E-state index contributed by atoms with van der Waals surface area (Å²) in [5.74, 6) is 1.76. The van der Waals surface area contributed by atoms with Crippen LogP contribution in [-0.2, 0) is 0 Å². The van der Waals surface area contributed by atoms with E-state index < -0.39 is 0 Å². The van der Waals surface area contributed by atoms with Gasteiger partial charge >= 0.3 is 0 Å². The van der Waals surface area contributed by atoms with Crippen molar-refractivity contribution in [2.24, 2.45) is 0 Å². The van der Waals surface area contributed by atoms with Crippen LogP contribution >= 0.6 is 11.6 Å². The molecule has 4 aromatic rings. The van der Waals surface area contributed by atoms with Gasteiger partial charge in [0.15, 0.2) is 0 Å². The van der Waals surface area contributed by atoms with Crippen molar-refractivity contribution < 1.29 is 4.74 Å². The number of hydrogen-bond donors (Lipinski definition) is 1. The summed E-state index contributed by atoms with van der Waals surface area (Å²) in [6.45, 7) is 0. The van der Waals surface area contributed by atoms with Gasteiger partial charge in [0.05, 0.1) is 30.2 Å². The van der Waals surface area contributed by atoms with E-state index in [1.54, 1.807) is 7.11 Å². The molecule has 5 rings (SSSR count). The second-order valence-corrected chi connectivity index (χ2v) is 7.50. The summed E-state index contributed by atoms with van der Waals surface area (Å²) in [7, 11) is 1.69. The molecule has 0 bridgehead atoms. The maximum atomic E-state index is 6.09. The van der Waals surface area contributed by atoms with Crippen molar-refractivity contribution >= 4 is 28.6 Å². The summed E-state index contributed by atoms with van der Waals surface area (Å²) >= 11 is 6.09. The number of fused-ring (bicyclic) bond motifs is 3. The van der Waals surface area contributed by atoms with Gasteiger partial charge in [-0.2, -0.15) is 0 Å². The largest absolute Gasteiger partial charge is 0.497 e. The number of halogens is 1. The molecule has 1 aliphatic heterocycles. The number of para-hydroxylation sites is 2. The molecule has 0 fully saturated rings. The summed E-state index contributed by atoms with van der Waals surface area (Å²) in [6, 6.07) is 25.0. The highest BCUT2D eigenvalue weighted by Crippen LogP contribution is 2.41. The minimum absolute atomic E-state index is 0.161. The molecule has 0 saturated carbocycles. The lowest BCUT2D eigenvalue weighted by molar-refractivity contribution is 0.414. The Balaban J connectivity index is 1.63. The standard InChI is InChI=1S/C23H20ClN3O/c1-28-18-12-8-16(9-13-18)22-14-20(15-6-10-17(24)11-7-15)26-23-25-19-4-2-3-5-21(19)27(22)23/h2-13,20,22H,14H2,1H3,(H,25,26)/t20-,22-/m1/s1. The van der Waals surface area contributed by atoms with Gasteiger partial charge in [0.1, 0.15) is 5.75 Å². The van der Waals surface area contributed by atoms with E-state index in [9.17, 15) is 0 Å². The number of imidazole rings is 1. The summed E-state index contributed by atoms with van der Waals surface area (Å²) in [4.78, 5) is 4.86. The van der Waals surface area contributed by atoms with Gasteiger partial charge in [-0.1, -0.05) is 48.0 Å². The molecule has 0 aliphatic carbocycles. The Hall–Kier alpha value is -2.98. The highest BCUT2D eigenvalue weighted by molar-refractivity contribution is 6.30. The number of benzene rings is 3. The Morgan fingerprint density at radius 2 is 1.68 bits per heavy atom. The van der Waals surface area contributed by atoms with Crippen molar-refractivity contribution in [1.82, 2.24) is 9.55 Å². The topological polar surface area (TPSA) is 39.1 Å². The molecule has 0 unspecified atom stereocenters. The van der Waals surface area contributed by atoms with Crippen LogP contribution in [0.1, 0.15) is 29.6 Å². The predicted octanol–water partition coefficient (Wildman–Crippen LogP) is 5.84. The minimum atomic E-state index is 0.161. The molecular weight excluding hydrogens is 370 g/mol. The van der Waals surface area contributed by atoms with Crippen LogP contribution in [0.15, 0.2) is 72.8 Å². The van der Waals surface area contributed by atoms with Gasteiger partial charge in [-0.05, 0) is 53.9 Å². The fraction of sp³-hybridized carbons (Fsp3) is 0.174. The first-order chi connectivity index (χ1) is 13.7. The van der Waals surface area contributed by atoms with E-state index in [2.05, 4.69) is 52.3 Å². The maximum Gasteiger partial charge on any atom is 0.204 e. The van der Waals surface area contributed by atoms with Gasteiger partial charge in [-0.15, -0.1) is 0 Å². The smallest absolute Gasteiger partial charge is 0.204 e. The normalized spacial score (nSPS) is 18.5. The van der Waals surface area contributed by atoms with Crippen LogP contribution in [-0.4, -0.2) is 16.7 Å². The summed E-state index contributed by atoms with van der Waals surface area (Å²) < 4.78 is 7.65. The van der Waals surface area contributed by atoms with Crippen LogP contribution in [0.4, 0.5) is 5.95 Å². The van der Waals surface area contributed by atoms with Crippen molar-refractivity contribution in [3.05, 3.63) is 88.9 Å². The zero-order valence-electron chi connectivity index (χ0n) is 15.5. The first-order valence-electron chi connectivity index (χ1n) is 9.36. The number of hydrogen-bond acceptors (Lipinski definition) is 3. The zero-order chi connectivity index (χ0) is 19.1. The summed E-state index contributed by atoms with van der Waals surface area (Å²) in [5.41, 5.74) is 4.59. The summed E-state index contributed by atoms with van der Waals surface area (Å²) in [5, 5.41) is 4.38. The lowest BCUT2D eigenvalue weighted by Crippen LogP contribution is -2.27. The lowest BCUT2D eigenvalue weighted by atomic mass is 9.93. The van der Waals surface area contributed by atoms with Crippen LogP contribution in [0.25, 0.3) is 11.0 Å². The number of rotatable bonds is 3. The Kier molecular flexibility index (Phi) is 4.21. The monoisotopic (exact) mass is 389 g/mol. The lowest BCUT2D eigenvalue weighted by Gasteiger charge is -2.33. The van der Waals surface area contributed by atoms with Crippen molar-refractivity contribution in [3.63, 3.8) is 0 Å². The first kappa shape index (κ1) is 17.1. The fourth-order valence-corrected chi connectivity index (χ4v) is 4.16. The number of anilines is 1. The van der Waals surface area contributed by atoms with Crippen LogP contribution in [0.5, 0.6) is 5.75 Å². The molecule has 28 heavy (non-hydrogen) atoms. The Labute approximate surface area is 168 Å². The molecule has 0 amide bonds. The van der Waals surface area contributed by atoms with Crippen LogP contribution in [0.2, 0.25) is 5.02 Å². The van der Waals surface area contributed by atoms with Gasteiger partial charge in [0, 0.05) is 5.02 Å². The third-order valence-electron chi connectivity index (χ3n) is 5.44. The van der Waals surface area contributed by atoms with Gasteiger partial charge < -0.3 is 14.6 Å². The van der Waals surface area contributed by atoms with E-state index in [-0.39, 0.29) is 12.1 Å². The minimum Gasteiger partial charge on any atom is -0.497 e. The SMILES string of the molecule is COc1ccc([C@H]2C[C@H](c3ccc(Cl)cc3)Nc3nc4ccccc4n32)cc1. The van der Waals surface area contributed by atoms with E-state index in [0.29, 0.717) is 0 Å². The predicted molar refractivity (Wildman–Crippen MR) is 113 cm³/mol. The van der Waals surface area contributed by atoms with Crippen LogP contribution in [0.3, 0.4) is 0 Å². The average Bonchev–Trinajstić information content (AvgIpc) is 3.12. The molecule has 1 aliphatic rings. The molecule has 0 spiro atoms. The number of ether oxygens (including phenoxy) is 1. The Morgan fingerprint density at radius 1 is 0.964 bits per heavy atom. The Morgan fingerprint density at radius 3 is 2.43 bits per heavy atom. The third-order valence-corrected chi connectivity index (χ3v) is 5.69. The number of nitrogens with zero attached hydrogens (tertiary/aromatic N) is 2. The van der Waals surface area contributed by atoms with E-state index in [1.807, 2.05) is 30.3 Å². The molecule has 4 nitrogen and oxygen atoms in total.